The summed E-state index contributed by atoms with van der Waals surface area (Å²) >= 11 is 1.45. The fourth-order valence-corrected chi connectivity index (χ4v) is 5.29. The van der Waals surface area contributed by atoms with Gasteiger partial charge in [-0.25, -0.2) is 4.79 Å². The van der Waals surface area contributed by atoms with E-state index >= 15 is 0 Å². The zero-order valence-electron chi connectivity index (χ0n) is 18.6. The number of benzene rings is 2. The molecule has 2 aliphatic rings. The van der Waals surface area contributed by atoms with Gasteiger partial charge in [-0.3, -0.25) is 14.9 Å². The van der Waals surface area contributed by atoms with E-state index in [0.29, 0.717) is 29.3 Å². The molecule has 0 saturated carbocycles. The Labute approximate surface area is 200 Å². The molecule has 1 aromatic heterocycles. The average molecular weight is 477 g/mol. The Morgan fingerprint density at radius 1 is 1.06 bits per heavy atom. The van der Waals surface area contributed by atoms with Gasteiger partial charge in [0.1, 0.15) is 5.54 Å². The van der Waals surface area contributed by atoms with Crippen LogP contribution in [-0.2, 0) is 15.1 Å². The molecule has 174 valence electrons. The van der Waals surface area contributed by atoms with E-state index in [1.807, 2.05) is 36.4 Å². The second kappa shape index (κ2) is 8.92. The van der Waals surface area contributed by atoms with Gasteiger partial charge in [-0.15, -0.1) is 11.3 Å². The number of hydrogen-bond donors (Lipinski definition) is 3. The lowest BCUT2D eigenvalue weighted by molar-refractivity contribution is -0.123. The first-order valence-corrected chi connectivity index (χ1v) is 11.8. The van der Waals surface area contributed by atoms with E-state index in [9.17, 15) is 14.4 Å². The number of anilines is 2. The Bertz CT molecular complexity index is 1250. The van der Waals surface area contributed by atoms with E-state index in [2.05, 4.69) is 20.9 Å². The number of thiophene rings is 1. The molecule has 0 aliphatic carbocycles. The molecule has 8 nitrogen and oxygen atoms in total. The molecule has 1 atom stereocenters. The van der Waals surface area contributed by atoms with Gasteiger partial charge < -0.3 is 20.3 Å². The van der Waals surface area contributed by atoms with Crippen molar-refractivity contribution in [3.05, 3.63) is 71.1 Å². The Morgan fingerprint density at radius 2 is 1.82 bits per heavy atom. The molecule has 0 bridgehead atoms. The highest BCUT2D eigenvalue weighted by molar-refractivity contribution is 7.18. The van der Waals surface area contributed by atoms with Gasteiger partial charge in [-0.05, 0) is 36.2 Å². The molecule has 9 heteroatoms. The number of amides is 4. The first-order valence-electron chi connectivity index (χ1n) is 11.0. The van der Waals surface area contributed by atoms with Crippen molar-refractivity contribution in [3.63, 3.8) is 0 Å². The van der Waals surface area contributed by atoms with Crippen molar-refractivity contribution in [3.8, 4) is 11.1 Å². The van der Waals surface area contributed by atoms with Crippen molar-refractivity contribution in [2.24, 2.45) is 0 Å². The Morgan fingerprint density at radius 3 is 2.53 bits per heavy atom. The van der Waals surface area contributed by atoms with Gasteiger partial charge in [0.15, 0.2) is 0 Å². The topological polar surface area (TPSA) is 99.8 Å². The van der Waals surface area contributed by atoms with E-state index in [1.165, 1.54) is 11.3 Å². The van der Waals surface area contributed by atoms with Gasteiger partial charge in [0.05, 0.1) is 23.1 Å². The average Bonchev–Trinajstić information content (AvgIpc) is 3.42. The van der Waals surface area contributed by atoms with Crippen molar-refractivity contribution in [2.45, 2.75) is 12.5 Å². The normalized spacial score (nSPS) is 20.1. The second-order valence-corrected chi connectivity index (χ2v) is 9.39. The number of rotatable bonds is 5. The predicted octanol–water partition coefficient (Wildman–Crippen LogP) is 3.56. The lowest BCUT2D eigenvalue weighted by atomic mass is 9.92. The third-order valence-corrected chi connectivity index (χ3v) is 7.26. The Balaban J connectivity index is 1.43. The summed E-state index contributed by atoms with van der Waals surface area (Å²) in [6, 6.07) is 18.4. The molecule has 2 aromatic carbocycles. The zero-order valence-corrected chi connectivity index (χ0v) is 19.4. The first kappa shape index (κ1) is 22.1. The summed E-state index contributed by atoms with van der Waals surface area (Å²) < 4.78 is 5.50. The highest BCUT2D eigenvalue weighted by Gasteiger charge is 2.43. The van der Waals surface area contributed by atoms with Crippen molar-refractivity contribution in [1.29, 1.82) is 0 Å². The molecule has 3 heterocycles. The number of urea groups is 1. The Hall–Kier alpha value is -3.69. The third-order valence-electron chi connectivity index (χ3n) is 6.06. The summed E-state index contributed by atoms with van der Waals surface area (Å²) in [4.78, 5) is 40.0. The van der Waals surface area contributed by atoms with Crippen LogP contribution in [0.5, 0.6) is 0 Å². The van der Waals surface area contributed by atoms with Gasteiger partial charge in [-0.2, -0.15) is 0 Å². The molecule has 2 fully saturated rings. The monoisotopic (exact) mass is 476 g/mol. The minimum atomic E-state index is -1.19. The number of morpholine rings is 1. The van der Waals surface area contributed by atoms with E-state index < -0.39 is 17.5 Å². The van der Waals surface area contributed by atoms with Crippen LogP contribution in [0.25, 0.3) is 11.1 Å². The van der Waals surface area contributed by atoms with E-state index in [4.69, 9.17) is 4.74 Å². The molecule has 4 amide bonds. The van der Waals surface area contributed by atoms with Gasteiger partial charge in [0.2, 0.25) is 0 Å². The van der Waals surface area contributed by atoms with Crippen molar-refractivity contribution in [2.75, 3.05) is 36.5 Å². The zero-order chi connectivity index (χ0) is 23.7. The fraction of sp³-hybridized carbons (Fsp3) is 0.240. The van der Waals surface area contributed by atoms with Crippen LogP contribution in [0.15, 0.2) is 60.7 Å². The number of ether oxygens (including phenoxy) is 1. The molecule has 3 N–H and O–H groups in total. The molecule has 3 aromatic rings. The van der Waals surface area contributed by atoms with Gasteiger partial charge in [-0.1, -0.05) is 42.5 Å². The summed E-state index contributed by atoms with van der Waals surface area (Å²) in [7, 11) is 0. The van der Waals surface area contributed by atoms with Crippen LogP contribution in [0.1, 0.15) is 22.2 Å². The molecule has 0 spiro atoms. The van der Waals surface area contributed by atoms with Crippen LogP contribution in [0, 0.1) is 0 Å². The summed E-state index contributed by atoms with van der Waals surface area (Å²) in [6.07, 6.45) is 0. The van der Waals surface area contributed by atoms with Crippen molar-refractivity contribution < 1.29 is 19.1 Å². The van der Waals surface area contributed by atoms with Crippen molar-refractivity contribution >= 4 is 39.9 Å². The van der Waals surface area contributed by atoms with Crippen LogP contribution in [-0.4, -0.2) is 44.1 Å². The van der Waals surface area contributed by atoms with Crippen LogP contribution in [0.4, 0.5) is 15.5 Å². The first-order chi connectivity index (χ1) is 16.4. The molecule has 2 aliphatic heterocycles. The van der Waals surface area contributed by atoms with E-state index in [1.54, 1.807) is 31.2 Å². The summed E-state index contributed by atoms with van der Waals surface area (Å²) in [6.45, 7) is 4.49. The number of imide groups is 1. The number of nitrogens with zero attached hydrogens (tertiary/aromatic N) is 1. The maximum Gasteiger partial charge on any atom is 0.322 e. The number of carbonyl (C=O) groups is 3. The van der Waals surface area contributed by atoms with E-state index in [-0.39, 0.29) is 5.91 Å². The van der Waals surface area contributed by atoms with Gasteiger partial charge in [0.25, 0.3) is 11.8 Å². The minimum absolute atomic E-state index is 0.232. The standard InChI is InChI=1S/C25H24N4O4S/c1-25(23(31)27-24(32)28-25)17-8-5-9-18(14-17)26-21(30)20-15-19(16-6-3-2-4-7-16)22(34-20)29-10-12-33-13-11-29/h2-9,14-15H,10-13H2,1H3,(H,26,30)(H2,27,28,31,32). The molecule has 34 heavy (non-hydrogen) atoms. The number of carbonyl (C=O) groups excluding carboxylic acids is 3. The maximum absolute atomic E-state index is 13.2. The molecular formula is C25H24N4O4S. The molecule has 5 rings (SSSR count). The van der Waals surface area contributed by atoms with Gasteiger partial charge >= 0.3 is 6.03 Å². The number of nitrogens with one attached hydrogen (secondary N) is 3. The van der Waals surface area contributed by atoms with Crippen LogP contribution in [0.3, 0.4) is 0 Å². The molecule has 0 radical (unpaired) electrons. The maximum atomic E-state index is 13.2. The largest absolute Gasteiger partial charge is 0.378 e. The smallest absolute Gasteiger partial charge is 0.322 e. The SMILES string of the molecule is CC1(c2cccc(NC(=O)c3cc(-c4ccccc4)c(N4CCOCC4)s3)c2)NC(=O)NC1=O. The predicted molar refractivity (Wildman–Crippen MR) is 131 cm³/mol. The highest BCUT2D eigenvalue weighted by Crippen LogP contribution is 2.39. The highest BCUT2D eigenvalue weighted by atomic mass is 32.1. The van der Waals surface area contributed by atoms with E-state index in [0.717, 1.165) is 29.2 Å². The second-order valence-electron chi connectivity index (χ2n) is 8.36. The van der Waals surface area contributed by atoms with Crippen LogP contribution in [0.2, 0.25) is 0 Å². The van der Waals surface area contributed by atoms with Crippen LogP contribution >= 0.6 is 11.3 Å². The number of hydrogen-bond acceptors (Lipinski definition) is 6. The lowest BCUT2D eigenvalue weighted by Crippen LogP contribution is -2.40. The molecule has 2 saturated heterocycles. The fourth-order valence-electron chi connectivity index (χ4n) is 4.17. The quantitative estimate of drug-likeness (QED) is 0.489. The third kappa shape index (κ3) is 4.15. The minimum Gasteiger partial charge on any atom is -0.378 e. The lowest BCUT2D eigenvalue weighted by Gasteiger charge is -2.28. The Kier molecular flexibility index (Phi) is 5.80. The van der Waals surface area contributed by atoms with Crippen molar-refractivity contribution in [1.82, 2.24) is 10.6 Å². The summed E-state index contributed by atoms with van der Waals surface area (Å²) in [5.41, 5.74) is 2.01. The van der Waals surface area contributed by atoms with Crippen LogP contribution < -0.4 is 20.9 Å². The summed E-state index contributed by atoms with van der Waals surface area (Å²) in [5, 5.41) is 8.90. The summed E-state index contributed by atoms with van der Waals surface area (Å²) in [5.74, 6) is -0.661. The molecule has 1 unspecified atom stereocenters. The van der Waals surface area contributed by atoms with Gasteiger partial charge in [0, 0.05) is 24.3 Å². The molecular weight excluding hydrogens is 452 g/mol.